The third-order valence-electron chi connectivity index (χ3n) is 5.30. The van der Waals surface area contributed by atoms with Gasteiger partial charge in [0.1, 0.15) is 11.8 Å². The number of aromatic nitrogens is 5. The van der Waals surface area contributed by atoms with Gasteiger partial charge in [0.15, 0.2) is 0 Å². The first-order valence-electron chi connectivity index (χ1n) is 8.84. The second kappa shape index (κ2) is 5.58. The molecule has 1 N–H and O–H groups in total. The zero-order chi connectivity index (χ0) is 16.8. The molecular weight excluding hydrogens is 314 g/mol. The predicted molar refractivity (Wildman–Crippen MR) is 96.7 cm³/mol. The molecule has 0 spiro atoms. The van der Waals surface area contributed by atoms with Crippen molar-refractivity contribution < 1.29 is 0 Å². The summed E-state index contributed by atoms with van der Waals surface area (Å²) in [7, 11) is 0. The second-order valence-electron chi connectivity index (χ2n) is 6.78. The van der Waals surface area contributed by atoms with Gasteiger partial charge in [0.25, 0.3) is 5.56 Å². The van der Waals surface area contributed by atoms with Gasteiger partial charge < -0.3 is 9.55 Å². The van der Waals surface area contributed by atoms with E-state index in [1.807, 2.05) is 12.4 Å². The van der Waals surface area contributed by atoms with Crippen molar-refractivity contribution >= 4 is 16.6 Å². The Bertz CT molecular complexity index is 1110. The van der Waals surface area contributed by atoms with E-state index in [0.717, 1.165) is 16.8 Å². The van der Waals surface area contributed by atoms with Crippen molar-refractivity contribution in [2.45, 2.75) is 38.1 Å². The van der Waals surface area contributed by atoms with Crippen LogP contribution < -0.4 is 5.56 Å². The standard InChI is InChI=1S/C19H19N5O/c25-19-18-9-8-16(24(18)22-11-20-19)13-6-7-17-15(10-13)21-12-23(17)14-4-2-1-3-5-14/h6-12,14H,1-5H2,(H,20,22,25). The summed E-state index contributed by atoms with van der Waals surface area (Å²) < 4.78 is 4.01. The molecule has 0 aliphatic heterocycles. The summed E-state index contributed by atoms with van der Waals surface area (Å²) in [6.45, 7) is 0. The fourth-order valence-corrected chi connectivity index (χ4v) is 4.00. The number of nitrogens with one attached hydrogen (secondary N) is 1. The second-order valence-corrected chi connectivity index (χ2v) is 6.78. The molecular formula is C19H19N5O. The van der Waals surface area contributed by atoms with Crippen molar-refractivity contribution in [2.75, 3.05) is 0 Å². The van der Waals surface area contributed by atoms with Gasteiger partial charge in [-0.15, -0.1) is 0 Å². The van der Waals surface area contributed by atoms with Gasteiger partial charge in [-0.2, -0.15) is 5.10 Å². The highest BCUT2D eigenvalue weighted by molar-refractivity contribution is 5.82. The van der Waals surface area contributed by atoms with Crippen LogP contribution in [0.5, 0.6) is 0 Å². The molecule has 3 aromatic heterocycles. The number of rotatable bonds is 2. The van der Waals surface area contributed by atoms with E-state index < -0.39 is 0 Å². The predicted octanol–water partition coefficient (Wildman–Crippen LogP) is 3.54. The molecule has 126 valence electrons. The van der Waals surface area contributed by atoms with Gasteiger partial charge in [-0.3, -0.25) is 4.79 Å². The van der Waals surface area contributed by atoms with Crippen molar-refractivity contribution in [3.8, 4) is 11.3 Å². The molecule has 1 aliphatic rings. The molecule has 1 aliphatic carbocycles. The Balaban J connectivity index is 1.61. The lowest BCUT2D eigenvalue weighted by molar-refractivity contribution is 0.359. The Labute approximate surface area is 144 Å². The minimum atomic E-state index is -0.135. The molecule has 1 fully saturated rings. The first kappa shape index (κ1) is 14.5. The SMILES string of the molecule is O=c1[nH]cnn2c(-c3ccc4c(c3)ncn4C3CCCCC3)ccc12. The molecule has 0 saturated heterocycles. The minimum Gasteiger partial charge on any atom is -0.327 e. The molecule has 4 aromatic rings. The van der Waals surface area contributed by atoms with Gasteiger partial charge >= 0.3 is 0 Å². The quantitative estimate of drug-likeness (QED) is 0.610. The van der Waals surface area contributed by atoms with E-state index in [4.69, 9.17) is 0 Å². The van der Waals surface area contributed by atoms with E-state index >= 15 is 0 Å². The average Bonchev–Trinajstić information content (AvgIpc) is 3.27. The Morgan fingerprint density at radius 2 is 1.88 bits per heavy atom. The lowest BCUT2D eigenvalue weighted by Crippen LogP contribution is -2.11. The number of nitrogens with zero attached hydrogens (tertiary/aromatic N) is 4. The summed E-state index contributed by atoms with van der Waals surface area (Å²) in [4.78, 5) is 19.1. The smallest absolute Gasteiger partial charge is 0.275 e. The number of H-pyrrole nitrogens is 1. The summed E-state index contributed by atoms with van der Waals surface area (Å²) in [6.07, 6.45) is 9.84. The van der Waals surface area contributed by atoms with Gasteiger partial charge in [-0.05, 0) is 37.1 Å². The van der Waals surface area contributed by atoms with Crippen LogP contribution in [-0.4, -0.2) is 24.1 Å². The highest BCUT2D eigenvalue weighted by Gasteiger charge is 2.18. The summed E-state index contributed by atoms with van der Waals surface area (Å²) in [5.74, 6) is 0. The topological polar surface area (TPSA) is 68.0 Å². The maximum atomic E-state index is 11.9. The molecule has 1 saturated carbocycles. The number of benzene rings is 1. The van der Waals surface area contributed by atoms with Gasteiger partial charge in [0.05, 0.1) is 23.1 Å². The molecule has 0 bridgehead atoms. The van der Waals surface area contributed by atoms with E-state index in [9.17, 15) is 4.79 Å². The molecule has 6 heteroatoms. The maximum absolute atomic E-state index is 11.9. The van der Waals surface area contributed by atoms with E-state index in [1.54, 1.807) is 10.6 Å². The van der Waals surface area contributed by atoms with E-state index in [0.29, 0.717) is 11.6 Å². The van der Waals surface area contributed by atoms with E-state index in [1.165, 1.54) is 43.9 Å². The lowest BCUT2D eigenvalue weighted by Gasteiger charge is -2.23. The highest BCUT2D eigenvalue weighted by Crippen LogP contribution is 2.32. The number of hydrogen-bond acceptors (Lipinski definition) is 3. The third-order valence-corrected chi connectivity index (χ3v) is 5.30. The first-order chi connectivity index (χ1) is 12.3. The highest BCUT2D eigenvalue weighted by atomic mass is 16.1. The van der Waals surface area contributed by atoms with Gasteiger partial charge in [0.2, 0.25) is 0 Å². The van der Waals surface area contributed by atoms with Crippen molar-refractivity contribution in [2.24, 2.45) is 0 Å². The lowest BCUT2D eigenvalue weighted by atomic mass is 9.95. The number of aromatic amines is 1. The average molecular weight is 333 g/mol. The molecule has 0 radical (unpaired) electrons. The van der Waals surface area contributed by atoms with Crippen molar-refractivity contribution in [3.05, 3.63) is 53.3 Å². The number of imidazole rings is 1. The van der Waals surface area contributed by atoms with Crippen molar-refractivity contribution in [1.82, 2.24) is 24.1 Å². The van der Waals surface area contributed by atoms with Crippen LogP contribution in [0.15, 0.2) is 47.8 Å². The maximum Gasteiger partial charge on any atom is 0.275 e. The van der Waals surface area contributed by atoms with Gasteiger partial charge in [-0.25, -0.2) is 9.50 Å². The number of hydrogen-bond donors (Lipinski definition) is 1. The molecule has 0 unspecified atom stereocenters. The Kier molecular flexibility index (Phi) is 3.23. The fourth-order valence-electron chi connectivity index (χ4n) is 4.00. The summed E-state index contributed by atoms with van der Waals surface area (Å²) >= 11 is 0. The summed E-state index contributed by atoms with van der Waals surface area (Å²) in [5, 5.41) is 4.27. The van der Waals surface area contributed by atoms with E-state index in [-0.39, 0.29) is 5.56 Å². The van der Waals surface area contributed by atoms with Crippen LogP contribution in [0.25, 0.3) is 27.8 Å². The Hall–Kier alpha value is -2.89. The summed E-state index contributed by atoms with van der Waals surface area (Å²) in [6, 6.07) is 10.6. The van der Waals surface area contributed by atoms with Crippen LogP contribution in [0.2, 0.25) is 0 Å². The molecule has 25 heavy (non-hydrogen) atoms. The summed E-state index contributed by atoms with van der Waals surface area (Å²) in [5.41, 5.74) is 4.49. The van der Waals surface area contributed by atoms with Crippen LogP contribution in [0, 0.1) is 0 Å². The third kappa shape index (κ3) is 2.28. The van der Waals surface area contributed by atoms with Crippen LogP contribution in [0.3, 0.4) is 0 Å². The number of fused-ring (bicyclic) bond motifs is 2. The minimum absolute atomic E-state index is 0.135. The van der Waals surface area contributed by atoms with E-state index in [2.05, 4.69) is 37.8 Å². The Morgan fingerprint density at radius 1 is 1.04 bits per heavy atom. The zero-order valence-corrected chi connectivity index (χ0v) is 13.9. The first-order valence-corrected chi connectivity index (χ1v) is 8.84. The zero-order valence-electron chi connectivity index (χ0n) is 13.9. The van der Waals surface area contributed by atoms with Crippen LogP contribution >= 0.6 is 0 Å². The largest absolute Gasteiger partial charge is 0.327 e. The monoisotopic (exact) mass is 333 g/mol. The van der Waals surface area contributed by atoms with Crippen LogP contribution in [0.4, 0.5) is 0 Å². The molecule has 5 rings (SSSR count). The van der Waals surface area contributed by atoms with Crippen molar-refractivity contribution in [3.63, 3.8) is 0 Å². The molecule has 0 atom stereocenters. The van der Waals surface area contributed by atoms with Gasteiger partial charge in [0, 0.05) is 11.6 Å². The van der Waals surface area contributed by atoms with Crippen molar-refractivity contribution in [1.29, 1.82) is 0 Å². The van der Waals surface area contributed by atoms with Crippen LogP contribution in [0.1, 0.15) is 38.1 Å². The Morgan fingerprint density at radius 3 is 2.76 bits per heavy atom. The fraction of sp³-hybridized carbons (Fsp3) is 0.316. The molecule has 0 amide bonds. The van der Waals surface area contributed by atoms with Gasteiger partial charge in [-0.1, -0.05) is 25.3 Å². The van der Waals surface area contributed by atoms with Crippen LogP contribution in [-0.2, 0) is 0 Å². The molecule has 6 nitrogen and oxygen atoms in total. The normalized spacial score (nSPS) is 16.0. The molecule has 3 heterocycles. The molecule has 1 aromatic carbocycles.